The molecule has 1 aliphatic carbocycles. The summed E-state index contributed by atoms with van der Waals surface area (Å²) in [7, 11) is 1.93. The summed E-state index contributed by atoms with van der Waals surface area (Å²) >= 11 is 0. The lowest BCUT2D eigenvalue weighted by Crippen LogP contribution is -2.27. The number of nitrogens with zero attached hydrogens (tertiary/aromatic N) is 2. The zero-order valence-electron chi connectivity index (χ0n) is 8.70. The smallest absolute Gasteiger partial charge is 0.108 e. The summed E-state index contributed by atoms with van der Waals surface area (Å²) in [6.07, 6.45) is 4.03. The number of nitrogens with two attached hydrogens (primary N) is 1. The third-order valence-corrected chi connectivity index (χ3v) is 3.23. The van der Waals surface area contributed by atoms with Gasteiger partial charge in [-0.05, 0) is 26.2 Å². The van der Waals surface area contributed by atoms with Crippen LogP contribution in [0, 0.1) is 6.92 Å². The van der Waals surface area contributed by atoms with Crippen LogP contribution in [0.15, 0.2) is 6.20 Å². The molecule has 1 fully saturated rings. The quantitative estimate of drug-likeness (QED) is 0.683. The zero-order valence-corrected chi connectivity index (χ0v) is 8.70. The largest absolute Gasteiger partial charge is 0.384 e. The minimum atomic E-state index is -0.755. The molecule has 4 heteroatoms. The van der Waals surface area contributed by atoms with Gasteiger partial charge in [0.1, 0.15) is 11.4 Å². The second-order valence-corrected chi connectivity index (χ2v) is 4.28. The molecule has 1 aromatic rings. The van der Waals surface area contributed by atoms with Gasteiger partial charge in [-0.1, -0.05) is 0 Å². The number of imidazole rings is 1. The molecule has 4 nitrogen and oxygen atoms in total. The van der Waals surface area contributed by atoms with E-state index in [0.717, 1.165) is 24.4 Å². The molecule has 1 aromatic heterocycles. The van der Waals surface area contributed by atoms with Crippen molar-refractivity contribution < 1.29 is 5.11 Å². The first-order chi connectivity index (χ1) is 6.53. The van der Waals surface area contributed by atoms with Crippen LogP contribution in [-0.2, 0) is 12.6 Å². The van der Waals surface area contributed by atoms with Gasteiger partial charge in [0.05, 0.1) is 11.9 Å². The van der Waals surface area contributed by atoms with E-state index in [1.807, 2.05) is 18.5 Å². The molecular formula is C10H17N3O. The van der Waals surface area contributed by atoms with Crippen molar-refractivity contribution in [2.75, 3.05) is 0 Å². The molecule has 1 heterocycles. The van der Waals surface area contributed by atoms with E-state index in [4.69, 9.17) is 5.73 Å². The number of hydrogen-bond acceptors (Lipinski definition) is 3. The van der Waals surface area contributed by atoms with Crippen molar-refractivity contribution in [1.29, 1.82) is 0 Å². The Hall–Kier alpha value is -0.870. The van der Waals surface area contributed by atoms with Crippen molar-refractivity contribution >= 4 is 0 Å². The second-order valence-electron chi connectivity index (χ2n) is 4.28. The maximum atomic E-state index is 10.4. The van der Waals surface area contributed by atoms with Crippen LogP contribution in [0.1, 0.15) is 30.8 Å². The number of aliphatic hydroxyl groups is 1. The molecule has 0 bridgehead atoms. The van der Waals surface area contributed by atoms with Gasteiger partial charge in [-0.3, -0.25) is 0 Å². The molecule has 1 saturated carbocycles. The van der Waals surface area contributed by atoms with Crippen LogP contribution in [0.3, 0.4) is 0 Å². The van der Waals surface area contributed by atoms with Crippen molar-refractivity contribution in [3.05, 3.63) is 17.7 Å². The van der Waals surface area contributed by atoms with Crippen LogP contribution in [-0.4, -0.2) is 20.7 Å². The number of rotatable bonds is 1. The molecule has 3 N–H and O–H groups in total. The monoisotopic (exact) mass is 195 g/mol. The van der Waals surface area contributed by atoms with Gasteiger partial charge in [0.25, 0.3) is 0 Å². The van der Waals surface area contributed by atoms with Gasteiger partial charge in [-0.15, -0.1) is 0 Å². The Balaban J connectivity index is 2.35. The molecule has 0 aliphatic heterocycles. The molecule has 78 valence electrons. The Kier molecular flexibility index (Phi) is 2.12. The summed E-state index contributed by atoms with van der Waals surface area (Å²) in [6.45, 7) is 1.93. The van der Waals surface area contributed by atoms with Crippen LogP contribution < -0.4 is 5.73 Å². The molecular weight excluding hydrogens is 178 g/mol. The lowest BCUT2D eigenvalue weighted by atomic mass is 9.98. The Bertz CT molecular complexity index is 347. The van der Waals surface area contributed by atoms with Crippen LogP contribution in [0.2, 0.25) is 0 Å². The van der Waals surface area contributed by atoms with Gasteiger partial charge in [0.2, 0.25) is 0 Å². The van der Waals surface area contributed by atoms with Crippen LogP contribution in [0.4, 0.5) is 0 Å². The Morgan fingerprint density at radius 2 is 2.43 bits per heavy atom. The summed E-state index contributed by atoms with van der Waals surface area (Å²) in [5.41, 5.74) is 5.95. The highest BCUT2D eigenvalue weighted by Gasteiger charge is 2.39. The van der Waals surface area contributed by atoms with E-state index in [1.165, 1.54) is 0 Å². The van der Waals surface area contributed by atoms with Gasteiger partial charge in [0.15, 0.2) is 0 Å². The van der Waals surface area contributed by atoms with E-state index in [2.05, 4.69) is 4.98 Å². The first kappa shape index (κ1) is 9.68. The maximum absolute atomic E-state index is 10.4. The maximum Gasteiger partial charge on any atom is 0.108 e. The van der Waals surface area contributed by atoms with E-state index >= 15 is 0 Å². The minimum absolute atomic E-state index is 0.121. The molecule has 0 aromatic carbocycles. The summed E-state index contributed by atoms with van der Waals surface area (Å²) in [5, 5.41) is 10.4. The standard InChI is InChI=1S/C10H17N3O/c1-7-12-6-9(13(7)2)10(14)4-3-8(11)5-10/h6,8,14H,3-5,11H2,1-2H3. The number of hydrogen-bond donors (Lipinski definition) is 2. The highest BCUT2D eigenvalue weighted by molar-refractivity contribution is 5.16. The molecule has 2 unspecified atom stereocenters. The normalized spacial score (nSPS) is 32.4. The van der Waals surface area contributed by atoms with E-state index in [-0.39, 0.29) is 6.04 Å². The van der Waals surface area contributed by atoms with Crippen LogP contribution in [0.25, 0.3) is 0 Å². The topological polar surface area (TPSA) is 64.1 Å². The third-order valence-electron chi connectivity index (χ3n) is 3.23. The Labute approximate surface area is 83.8 Å². The molecule has 2 atom stereocenters. The summed E-state index contributed by atoms with van der Waals surface area (Å²) in [5.74, 6) is 0.925. The van der Waals surface area contributed by atoms with Crippen LogP contribution >= 0.6 is 0 Å². The van der Waals surface area contributed by atoms with E-state index in [9.17, 15) is 5.11 Å². The molecule has 0 amide bonds. The van der Waals surface area contributed by atoms with Gasteiger partial charge in [0, 0.05) is 13.1 Å². The highest BCUT2D eigenvalue weighted by Crippen LogP contribution is 2.37. The Morgan fingerprint density at radius 3 is 2.86 bits per heavy atom. The van der Waals surface area contributed by atoms with Crippen molar-refractivity contribution in [2.24, 2.45) is 12.8 Å². The van der Waals surface area contributed by atoms with Gasteiger partial charge in [-0.25, -0.2) is 4.98 Å². The molecule has 0 radical (unpaired) electrons. The Morgan fingerprint density at radius 1 is 1.71 bits per heavy atom. The summed E-state index contributed by atoms with van der Waals surface area (Å²) in [4.78, 5) is 4.19. The number of aromatic nitrogens is 2. The molecule has 0 spiro atoms. The van der Waals surface area contributed by atoms with Gasteiger partial charge < -0.3 is 15.4 Å². The second kappa shape index (κ2) is 3.07. The molecule has 1 aliphatic rings. The van der Waals surface area contributed by atoms with Crippen LogP contribution in [0.5, 0.6) is 0 Å². The van der Waals surface area contributed by atoms with E-state index < -0.39 is 5.60 Å². The van der Waals surface area contributed by atoms with Crippen molar-refractivity contribution in [3.63, 3.8) is 0 Å². The van der Waals surface area contributed by atoms with Gasteiger partial charge in [-0.2, -0.15) is 0 Å². The SMILES string of the molecule is Cc1ncc(C2(O)CCC(N)C2)n1C. The van der Waals surface area contributed by atoms with E-state index in [0.29, 0.717) is 6.42 Å². The predicted octanol–water partition coefficient (Wildman–Crippen LogP) is 0.427. The first-order valence-corrected chi connectivity index (χ1v) is 5.00. The number of aryl methyl sites for hydroxylation is 1. The van der Waals surface area contributed by atoms with E-state index in [1.54, 1.807) is 6.20 Å². The summed E-state index contributed by atoms with van der Waals surface area (Å²) in [6, 6.07) is 0.121. The highest BCUT2D eigenvalue weighted by atomic mass is 16.3. The minimum Gasteiger partial charge on any atom is -0.384 e. The van der Waals surface area contributed by atoms with Crippen molar-refractivity contribution in [3.8, 4) is 0 Å². The van der Waals surface area contributed by atoms with Crippen molar-refractivity contribution in [1.82, 2.24) is 9.55 Å². The molecule has 14 heavy (non-hydrogen) atoms. The third kappa shape index (κ3) is 1.35. The zero-order chi connectivity index (χ0) is 10.3. The first-order valence-electron chi connectivity index (χ1n) is 5.00. The fourth-order valence-corrected chi connectivity index (χ4v) is 2.23. The summed E-state index contributed by atoms with van der Waals surface area (Å²) < 4.78 is 1.94. The van der Waals surface area contributed by atoms with Gasteiger partial charge >= 0.3 is 0 Å². The lowest BCUT2D eigenvalue weighted by Gasteiger charge is -2.22. The van der Waals surface area contributed by atoms with Crippen molar-refractivity contribution in [2.45, 2.75) is 37.8 Å². The molecule has 0 saturated heterocycles. The lowest BCUT2D eigenvalue weighted by molar-refractivity contribution is 0.0356. The fourth-order valence-electron chi connectivity index (χ4n) is 2.23. The fraction of sp³-hybridized carbons (Fsp3) is 0.700. The molecule has 2 rings (SSSR count). The average Bonchev–Trinajstić information content (AvgIpc) is 2.60. The predicted molar refractivity (Wildman–Crippen MR) is 53.7 cm³/mol. The average molecular weight is 195 g/mol.